The van der Waals surface area contributed by atoms with Gasteiger partial charge in [-0.05, 0) is 50.1 Å². The molecule has 2 aromatic rings. The normalized spacial score (nSPS) is 12.2. The number of benzene rings is 2. The monoisotopic (exact) mass is 259 g/mol. The van der Waals surface area contributed by atoms with Crippen LogP contribution in [0.4, 0.5) is 10.1 Å². The van der Waals surface area contributed by atoms with Crippen LogP contribution in [0, 0.1) is 19.7 Å². The Bertz CT molecular complexity index is 595. The number of nitrogens with one attached hydrogen (secondary N) is 1. The molecule has 3 heteroatoms. The Hall–Kier alpha value is -2.03. The summed E-state index contributed by atoms with van der Waals surface area (Å²) in [4.78, 5) is 0. The molecule has 0 aliphatic carbocycles. The minimum absolute atomic E-state index is 0.170. The Morgan fingerprint density at radius 1 is 1.05 bits per heavy atom. The molecule has 0 bridgehead atoms. The third kappa shape index (κ3) is 3.05. The van der Waals surface area contributed by atoms with Crippen molar-refractivity contribution < 1.29 is 9.50 Å². The molecule has 2 N–H and O–H groups in total. The molecule has 2 rings (SSSR count). The van der Waals surface area contributed by atoms with Gasteiger partial charge >= 0.3 is 0 Å². The van der Waals surface area contributed by atoms with E-state index in [1.807, 2.05) is 32.9 Å². The first-order valence-corrected chi connectivity index (χ1v) is 6.29. The van der Waals surface area contributed by atoms with Gasteiger partial charge in [-0.15, -0.1) is 0 Å². The topological polar surface area (TPSA) is 32.3 Å². The number of aromatic hydroxyl groups is 1. The lowest BCUT2D eigenvalue weighted by Crippen LogP contribution is -2.08. The lowest BCUT2D eigenvalue weighted by atomic mass is 10.0. The minimum atomic E-state index is -0.288. The van der Waals surface area contributed by atoms with Gasteiger partial charge in [0.1, 0.15) is 11.6 Å². The number of hydrogen-bond donors (Lipinski definition) is 2. The molecule has 0 aromatic heterocycles. The number of hydrogen-bond acceptors (Lipinski definition) is 2. The quantitative estimate of drug-likeness (QED) is 0.860. The Labute approximate surface area is 112 Å². The first-order chi connectivity index (χ1) is 8.97. The predicted octanol–water partition coefficient (Wildman–Crippen LogP) is 4.32. The highest BCUT2D eigenvalue weighted by atomic mass is 19.1. The van der Waals surface area contributed by atoms with Gasteiger partial charge in [-0.1, -0.05) is 18.2 Å². The zero-order valence-electron chi connectivity index (χ0n) is 11.4. The second kappa shape index (κ2) is 5.31. The maximum Gasteiger partial charge on any atom is 0.146 e. The van der Waals surface area contributed by atoms with Crippen LogP contribution in [-0.2, 0) is 0 Å². The molecule has 2 nitrogen and oxygen atoms in total. The molecule has 1 unspecified atom stereocenters. The van der Waals surface area contributed by atoms with Gasteiger partial charge in [-0.2, -0.15) is 0 Å². The molecular formula is C16H18FNO. The zero-order valence-corrected chi connectivity index (χ0v) is 11.4. The summed E-state index contributed by atoms with van der Waals surface area (Å²) in [5.74, 6) is -0.0582. The van der Waals surface area contributed by atoms with E-state index in [0.29, 0.717) is 5.69 Å². The first kappa shape index (κ1) is 13.4. The SMILES string of the molecule is Cc1ccc(C(C)Nc2cc(C)ccc2F)c(O)c1. The van der Waals surface area contributed by atoms with Gasteiger partial charge in [0.05, 0.1) is 11.7 Å². The summed E-state index contributed by atoms with van der Waals surface area (Å²) in [5, 5.41) is 13.0. The van der Waals surface area contributed by atoms with Crippen molar-refractivity contribution in [3.63, 3.8) is 0 Å². The van der Waals surface area contributed by atoms with Crippen molar-refractivity contribution in [2.24, 2.45) is 0 Å². The molecular weight excluding hydrogens is 241 g/mol. The lowest BCUT2D eigenvalue weighted by Gasteiger charge is -2.18. The van der Waals surface area contributed by atoms with Crippen LogP contribution < -0.4 is 5.32 Å². The molecule has 2 aromatic carbocycles. The van der Waals surface area contributed by atoms with E-state index in [1.165, 1.54) is 6.07 Å². The van der Waals surface area contributed by atoms with Crippen molar-refractivity contribution in [2.75, 3.05) is 5.32 Å². The van der Waals surface area contributed by atoms with Crippen molar-refractivity contribution in [1.82, 2.24) is 0 Å². The smallest absolute Gasteiger partial charge is 0.146 e. The van der Waals surface area contributed by atoms with E-state index in [2.05, 4.69) is 5.32 Å². The highest BCUT2D eigenvalue weighted by molar-refractivity contribution is 5.50. The Balaban J connectivity index is 2.25. The van der Waals surface area contributed by atoms with Crippen LogP contribution >= 0.6 is 0 Å². The standard InChI is InChI=1S/C16H18FNO/c1-10-5-7-14(17)15(8-10)18-12(3)13-6-4-11(2)9-16(13)19/h4-9,12,18-19H,1-3H3. The third-order valence-electron chi connectivity index (χ3n) is 3.15. The van der Waals surface area contributed by atoms with E-state index in [-0.39, 0.29) is 17.6 Å². The number of phenols is 1. The molecule has 0 amide bonds. The molecule has 19 heavy (non-hydrogen) atoms. The molecule has 0 aliphatic rings. The van der Waals surface area contributed by atoms with Crippen molar-refractivity contribution in [2.45, 2.75) is 26.8 Å². The van der Waals surface area contributed by atoms with Gasteiger partial charge in [0, 0.05) is 5.56 Å². The highest BCUT2D eigenvalue weighted by Crippen LogP contribution is 2.28. The second-order valence-electron chi connectivity index (χ2n) is 4.91. The van der Waals surface area contributed by atoms with Crippen LogP contribution in [0.15, 0.2) is 36.4 Å². The Morgan fingerprint density at radius 2 is 1.68 bits per heavy atom. The predicted molar refractivity (Wildman–Crippen MR) is 76.0 cm³/mol. The summed E-state index contributed by atoms with van der Waals surface area (Å²) in [7, 11) is 0. The molecule has 0 aliphatic heterocycles. The van der Waals surface area contributed by atoms with E-state index in [1.54, 1.807) is 18.2 Å². The van der Waals surface area contributed by atoms with Crippen molar-refractivity contribution >= 4 is 5.69 Å². The summed E-state index contributed by atoms with van der Waals surface area (Å²) in [6.07, 6.45) is 0. The number of aryl methyl sites for hydroxylation is 2. The minimum Gasteiger partial charge on any atom is -0.508 e. The van der Waals surface area contributed by atoms with Gasteiger partial charge in [0.25, 0.3) is 0 Å². The van der Waals surface area contributed by atoms with E-state index in [4.69, 9.17) is 0 Å². The Kier molecular flexibility index (Phi) is 3.74. The van der Waals surface area contributed by atoms with Gasteiger partial charge in [-0.25, -0.2) is 4.39 Å². The summed E-state index contributed by atoms with van der Waals surface area (Å²) in [5.41, 5.74) is 3.19. The third-order valence-corrected chi connectivity index (χ3v) is 3.15. The fraction of sp³-hybridized carbons (Fsp3) is 0.250. The van der Waals surface area contributed by atoms with E-state index in [0.717, 1.165) is 16.7 Å². The van der Waals surface area contributed by atoms with Gasteiger partial charge in [0.2, 0.25) is 0 Å². The lowest BCUT2D eigenvalue weighted by molar-refractivity contribution is 0.465. The molecule has 100 valence electrons. The van der Waals surface area contributed by atoms with Crippen molar-refractivity contribution in [1.29, 1.82) is 0 Å². The summed E-state index contributed by atoms with van der Waals surface area (Å²) >= 11 is 0. The molecule has 0 saturated carbocycles. The highest BCUT2D eigenvalue weighted by Gasteiger charge is 2.12. The van der Waals surface area contributed by atoms with Crippen LogP contribution in [0.3, 0.4) is 0 Å². The zero-order chi connectivity index (χ0) is 14.0. The van der Waals surface area contributed by atoms with Crippen LogP contribution in [0.25, 0.3) is 0 Å². The molecule has 0 saturated heterocycles. The van der Waals surface area contributed by atoms with Gasteiger partial charge in [-0.3, -0.25) is 0 Å². The average Bonchev–Trinajstić information content (AvgIpc) is 2.33. The maximum absolute atomic E-state index is 13.7. The van der Waals surface area contributed by atoms with Crippen molar-refractivity contribution in [3.05, 3.63) is 58.9 Å². The average molecular weight is 259 g/mol. The summed E-state index contributed by atoms with van der Waals surface area (Å²) < 4.78 is 13.7. The molecule has 1 atom stereocenters. The van der Waals surface area contributed by atoms with Crippen LogP contribution in [0.1, 0.15) is 29.7 Å². The fourth-order valence-corrected chi connectivity index (χ4v) is 2.08. The summed E-state index contributed by atoms with van der Waals surface area (Å²) in [6, 6.07) is 10.3. The van der Waals surface area contributed by atoms with Crippen LogP contribution in [-0.4, -0.2) is 5.11 Å². The van der Waals surface area contributed by atoms with E-state index in [9.17, 15) is 9.50 Å². The number of rotatable bonds is 3. The van der Waals surface area contributed by atoms with Crippen LogP contribution in [0.2, 0.25) is 0 Å². The van der Waals surface area contributed by atoms with Crippen LogP contribution in [0.5, 0.6) is 5.75 Å². The van der Waals surface area contributed by atoms with Crippen molar-refractivity contribution in [3.8, 4) is 5.75 Å². The number of anilines is 1. The Morgan fingerprint density at radius 3 is 2.37 bits per heavy atom. The summed E-state index contributed by atoms with van der Waals surface area (Å²) in [6.45, 7) is 5.73. The van der Waals surface area contributed by atoms with E-state index < -0.39 is 0 Å². The molecule has 0 radical (unpaired) electrons. The molecule has 0 spiro atoms. The van der Waals surface area contributed by atoms with Gasteiger partial charge < -0.3 is 10.4 Å². The first-order valence-electron chi connectivity index (χ1n) is 6.29. The fourth-order valence-electron chi connectivity index (χ4n) is 2.08. The largest absolute Gasteiger partial charge is 0.508 e. The second-order valence-corrected chi connectivity index (χ2v) is 4.91. The van der Waals surface area contributed by atoms with Gasteiger partial charge in [0.15, 0.2) is 0 Å². The number of phenolic OH excluding ortho intramolecular Hbond substituents is 1. The maximum atomic E-state index is 13.7. The van der Waals surface area contributed by atoms with E-state index >= 15 is 0 Å². The molecule has 0 fully saturated rings. The molecule has 0 heterocycles. The number of halogens is 1.